The van der Waals surface area contributed by atoms with Gasteiger partial charge in [-0.1, -0.05) is 30.3 Å². The predicted octanol–water partition coefficient (Wildman–Crippen LogP) is 4.93. The van der Waals surface area contributed by atoms with E-state index in [2.05, 4.69) is 10.3 Å². The fourth-order valence-corrected chi connectivity index (χ4v) is 4.85. The largest absolute Gasteiger partial charge is 0.358 e. The van der Waals surface area contributed by atoms with Crippen LogP contribution in [0.3, 0.4) is 0 Å². The molecule has 6 heteroatoms. The lowest BCUT2D eigenvalue weighted by Crippen LogP contribution is -2.27. The number of nitrogens with zero attached hydrogens (tertiary/aromatic N) is 1. The number of aromatic nitrogens is 1. The van der Waals surface area contributed by atoms with E-state index in [1.165, 1.54) is 12.1 Å². The van der Waals surface area contributed by atoms with Crippen LogP contribution >= 0.6 is 0 Å². The van der Waals surface area contributed by atoms with Gasteiger partial charge < -0.3 is 15.2 Å². The second kappa shape index (κ2) is 7.79. The van der Waals surface area contributed by atoms with Crippen LogP contribution in [-0.4, -0.2) is 28.7 Å². The van der Waals surface area contributed by atoms with Gasteiger partial charge in [0.2, 0.25) is 0 Å². The third kappa shape index (κ3) is 3.32. The van der Waals surface area contributed by atoms with Gasteiger partial charge >= 0.3 is 0 Å². The number of H-pyrrole nitrogens is 1. The van der Waals surface area contributed by atoms with Crippen LogP contribution in [0.2, 0.25) is 0 Å². The fraction of sp³-hybridized carbons (Fsp3) is 0.231. The number of carbonyl (C=O) groups is 2. The van der Waals surface area contributed by atoms with E-state index in [1.807, 2.05) is 37.3 Å². The highest BCUT2D eigenvalue weighted by atomic mass is 19.1. The van der Waals surface area contributed by atoms with Gasteiger partial charge in [0.1, 0.15) is 5.82 Å². The minimum Gasteiger partial charge on any atom is -0.358 e. The van der Waals surface area contributed by atoms with Gasteiger partial charge in [-0.2, -0.15) is 0 Å². The van der Waals surface area contributed by atoms with Gasteiger partial charge in [0.25, 0.3) is 11.8 Å². The van der Waals surface area contributed by atoms with Gasteiger partial charge in [-0.05, 0) is 61.1 Å². The SMILES string of the molecule is Cc1[nH]c2c(c1C(=O)N(C)Cc1ccccc1)CCC/C2=C1/C(=O)Nc2ccc(F)cc21. The summed E-state index contributed by atoms with van der Waals surface area (Å²) in [5, 5.41) is 2.84. The first-order valence-electron chi connectivity index (χ1n) is 10.8. The van der Waals surface area contributed by atoms with Crippen molar-refractivity contribution in [2.45, 2.75) is 32.7 Å². The van der Waals surface area contributed by atoms with Crippen molar-refractivity contribution in [1.82, 2.24) is 9.88 Å². The number of fused-ring (bicyclic) bond motifs is 2. The van der Waals surface area contributed by atoms with Gasteiger partial charge in [0.05, 0.1) is 11.1 Å². The molecule has 2 aliphatic rings. The van der Waals surface area contributed by atoms with Crippen LogP contribution in [0.25, 0.3) is 11.1 Å². The number of amides is 2. The number of benzene rings is 2. The first-order chi connectivity index (χ1) is 15.4. The molecule has 5 nitrogen and oxygen atoms in total. The van der Waals surface area contributed by atoms with Gasteiger partial charge in [0.15, 0.2) is 0 Å². The Balaban J connectivity index is 1.56. The summed E-state index contributed by atoms with van der Waals surface area (Å²) in [7, 11) is 1.81. The number of nitrogens with one attached hydrogen (secondary N) is 2. The maximum absolute atomic E-state index is 13.9. The molecule has 2 amide bonds. The fourth-order valence-electron chi connectivity index (χ4n) is 4.85. The smallest absolute Gasteiger partial charge is 0.256 e. The van der Waals surface area contributed by atoms with Crippen molar-refractivity contribution in [2.24, 2.45) is 0 Å². The molecule has 0 unspecified atom stereocenters. The predicted molar refractivity (Wildman–Crippen MR) is 123 cm³/mol. The zero-order chi connectivity index (χ0) is 22.4. The zero-order valence-electron chi connectivity index (χ0n) is 18.1. The van der Waals surface area contributed by atoms with Crippen LogP contribution in [0, 0.1) is 12.7 Å². The monoisotopic (exact) mass is 429 g/mol. The van der Waals surface area contributed by atoms with E-state index in [1.54, 1.807) is 18.0 Å². The van der Waals surface area contributed by atoms with Gasteiger partial charge in [-0.15, -0.1) is 0 Å². The van der Waals surface area contributed by atoms with E-state index >= 15 is 0 Å². The van der Waals surface area contributed by atoms with E-state index in [0.29, 0.717) is 35.4 Å². The van der Waals surface area contributed by atoms with Crippen molar-refractivity contribution in [3.63, 3.8) is 0 Å². The Morgan fingerprint density at radius 2 is 1.91 bits per heavy atom. The maximum atomic E-state index is 13.9. The average Bonchev–Trinajstić information content (AvgIpc) is 3.28. The van der Waals surface area contributed by atoms with E-state index in [4.69, 9.17) is 0 Å². The molecule has 0 bridgehead atoms. The van der Waals surface area contributed by atoms with Crippen molar-refractivity contribution < 1.29 is 14.0 Å². The molecule has 0 spiro atoms. The minimum absolute atomic E-state index is 0.0441. The Kier molecular flexibility index (Phi) is 4.93. The molecule has 3 aromatic rings. The molecule has 1 aromatic heterocycles. The average molecular weight is 429 g/mol. The summed E-state index contributed by atoms with van der Waals surface area (Å²) in [4.78, 5) is 31.3. The standard InChI is InChI=1S/C26H24FN3O2/c1-15-22(26(32)30(2)14-16-7-4-3-5-8-16)18-9-6-10-19(24(18)28-15)23-20-13-17(27)11-12-21(20)29-25(23)31/h3-5,7-8,11-13,28H,6,9-10,14H2,1-2H3,(H,29,31)/b23-19-. The van der Waals surface area contributed by atoms with Gasteiger partial charge in [-0.25, -0.2) is 4.39 Å². The molecule has 2 heterocycles. The van der Waals surface area contributed by atoms with E-state index in [9.17, 15) is 14.0 Å². The van der Waals surface area contributed by atoms with Crippen molar-refractivity contribution in [1.29, 1.82) is 0 Å². The Morgan fingerprint density at radius 3 is 2.69 bits per heavy atom. The van der Waals surface area contributed by atoms with Crippen LogP contribution in [0.1, 0.15) is 51.3 Å². The number of hydrogen-bond acceptors (Lipinski definition) is 2. The zero-order valence-corrected chi connectivity index (χ0v) is 18.1. The minimum atomic E-state index is -0.379. The first kappa shape index (κ1) is 20.2. The number of rotatable bonds is 3. The van der Waals surface area contributed by atoms with Gasteiger partial charge in [-0.3, -0.25) is 9.59 Å². The lowest BCUT2D eigenvalue weighted by molar-refractivity contribution is -0.110. The van der Waals surface area contributed by atoms with Crippen molar-refractivity contribution in [3.05, 3.63) is 88.0 Å². The summed E-state index contributed by atoms with van der Waals surface area (Å²) in [5.41, 5.74) is 6.85. The lowest BCUT2D eigenvalue weighted by atomic mass is 9.86. The molecule has 0 atom stereocenters. The van der Waals surface area contributed by atoms with Crippen LogP contribution in [-0.2, 0) is 17.8 Å². The number of anilines is 1. The summed E-state index contributed by atoms with van der Waals surface area (Å²) in [6, 6.07) is 14.2. The van der Waals surface area contributed by atoms with Crippen LogP contribution in [0.4, 0.5) is 10.1 Å². The van der Waals surface area contributed by atoms with E-state index in [0.717, 1.165) is 40.9 Å². The van der Waals surface area contributed by atoms with Crippen molar-refractivity contribution >= 4 is 28.6 Å². The number of allylic oxidation sites excluding steroid dienone is 1. The van der Waals surface area contributed by atoms with Crippen LogP contribution in [0.15, 0.2) is 48.5 Å². The molecule has 1 aliphatic carbocycles. The molecule has 5 rings (SSSR count). The normalized spacial score (nSPS) is 17.0. The number of aromatic amines is 1. The molecule has 0 saturated carbocycles. The molecular formula is C26H24FN3O2. The molecule has 1 aliphatic heterocycles. The third-order valence-corrected chi connectivity index (χ3v) is 6.30. The summed E-state index contributed by atoms with van der Waals surface area (Å²) in [5.74, 6) is -0.650. The van der Waals surface area contributed by atoms with E-state index < -0.39 is 0 Å². The molecule has 32 heavy (non-hydrogen) atoms. The molecule has 2 aromatic carbocycles. The molecule has 0 fully saturated rings. The van der Waals surface area contributed by atoms with Crippen LogP contribution in [0.5, 0.6) is 0 Å². The number of halogens is 1. The Morgan fingerprint density at radius 1 is 1.12 bits per heavy atom. The molecule has 2 N–H and O–H groups in total. The summed E-state index contributed by atoms with van der Waals surface area (Å²) < 4.78 is 13.9. The Bertz CT molecular complexity index is 1270. The molecule has 0 radical (unpaired) electrons. The first-order valence-corrected chi connectivity index (χ1v) is 10.8. The number of carbonyl (C=O) groups excluding carboxylic acids is 2. The highest BCUT2D eigenvalue weighted by Gasteiger charge is 2.33. The lowest BCUT2D eigenvalue weighted by Gasteiger charge is -2.21. The van der Waals surface area contributed by atoms with E-state index in [-0.39, 0.29) is 17.6 Å². The highest BCUT2D eigenvalue weighted by molar-refractivity contribution is 6.36. The van der Waals surface area contributed by atoms with Crippen molar-refractivity contribution in [2.75, 3.05) is 12.4 Å². The topological polar surface area (TPSA) is 65.2 Å². The highest BCUT2D eigenvalue weighted by Crippen LogP contribution is 2.43. The second-order valence-electron chi connectivity index (χ2n) is 8.48. The quantitative estimate of drug-likeness (QED) is 0.580. The van der Waals surface area contributed by atoms with Crippen molar-refractivity contribution in [3.8, 4) is 0 Å². The molecule has 162 valence electrons. The third-order valence-electron chi connectivity index (χ3n) is 6.30. The number of aryl methyl sites for hydroxylation is 1. The van der Waals surface area contributed by atoms with Crippen LogP contribution < -0.4 is 5.32 Å². The summed E-state index contributed by atoms with van der Waals surface area (Å²) in [6.07, 6.45) is 2.28. The molecule has 0 saturated heterocycles. The Hall–Kier alpha value is -3.67. The second-order valence-corrected chi connectivity index (χ2v) is 8.48. The molecular weight excluding hydrogens is 405 g/mol. The summed E-state index contributed by atoms with van der Waals surface area (Å²) in [6.45, 7) is 2.41. The maximum Gasteiger partial charge on any atom is 0.256 e. The summed E-state index contributed by atoms with van der Waals surface area (Å²) >= 11 is 0. The number of hydrogen-bond donors (Lipinski definition) is 2. The van der Waals surface area contributed by atoms with Gasteiger partial charge in [0, 0.05) is 36.2 Å². The Labute approximate surface area is 186 Å².